The lowest BCUT2D eigenvalue weighted by Gasteiger charge is -2.16. The highest BCUT2D eigenvalue weighted by molar-refractivity contribution is 6.33. The van der Waals surface area contributed by atoms with Gasteiger partial charge in [-0.3, -0.25) is 0 Å². The lowest BCUT2D eigenvalue weighted by Crippen LogP contribution is -2.08. The molecule has 0 heterocycles. The summed E-state index contributed by atoms with van der Waals surface area (Å²) in [5, 5.41) is 3.69. The zero-order valence-electron chi connectivity index (χ0n) is 11.2. The summed E-state index contributed by atoms with van der Waals surface area (Å²) in [7, 11) is 1.33. The fourth-order valence-electron chi connectivity index (χ4n) is 1.90. The van der Waals surface area contributed by atoms with Gasteiger partial charge in [0, 0.05) is 0 Å². The summed E-state index contributed by atoms with van der Waals surface area (Å²) >= 11 is 6.18. The van der Waals surface area contributed by atoms with Crippen LogP contribution in [-0.4, -0.2) is 13.1 Å². The molecular weight excluding hydrogens is 276 g/mol. The van der Waals surface area contributed by atoms with Gasteiger partial charge in [-0.15, -0.1) is 0 Å². The topological polar surface area (TPSA) is 64.3 Å². The van der Waals surface area contributed by atoms with Gasteiger partial charge in [-0.1, -0.05) is 29.8 Å². The molecule has 4 nitrogen and oxygen atoms in total. The van der Waals surface area contributed by atoms with Crippen LogP contribution in [0.15, 0.2) is 36.4 Å². The maximum atomic E-state index is 11.8. The Hall–Kier alpha value is -2.20. The Morgan fingerprint density at radius 3 is 2.55 bits per heavy atom. The van der Waals surface area contributed by atoms with Crippen LogP contribution in [0.3, 0.4) is 0 Å². The van der Waals surface area contributed by atoms with Crippen molar-refractivity contribution in [3.63, 3.8) is 0 Å². The Morgan fingerprint density at radius 2 is 1.90 bits per heavy atom. The molecule has 3 N–H and O–H groups in total. The lowest BCUT2D eigenvalue weighted by atomic mass is 10.1. The van der Waals surface area contributed by atoms with Crippen molar-refractivity contribution in [2.24, 2.45) is 0 Å². The number of nitrogens with two attached hydrogens (primary N) is 1. The van der Waals surface area contributed by atoms with Crippen molar-refractivity contribution < 1.29 is 9.53 Å². The van der Waals surface area contributed by atoms with E-state index in [4.69, 9.17) is 22.1 Å². The molecule has 0 saturated heterocycles. The molecule has 0 aliphatic carbocycles. The first-order valence-corrected chi connectivity index (χ1v) is 6.41. The molecule has 2 aromatic rings. The van der Waals surface area contributed by atoms with Crippen molar-refractivity contribution in [1.82, 2.24) is 0 Å². The fraction of sp³-hybridized carbons (Fsp3) is 0.133. The molecule has 0 aromatic heterocycles. The fourth-order valence-corrected chi connectivity index (χ4v) is 2.17. The van der Waals surface area contributed by atoms with E-state index in [1.807, 2.05) is 19.1 Å². The molecule has 0 radical (unpaired) electrons. The van der Waals surface area contributed by atoms with Crippen LogP contribution in [-0.2, 0) is 4.74 Å². The molecule has 0 atom stereocenters. The van der Waals surface area contributed by atoms with Crippen LogP contribution in [0, 0.1) is 6.92 Å². The molecule has 0 aliphatic heterocycles. The van der Waals surface area contributed by atoms with Gasteiger partial charge in [0.15, 0.2) is 0 Å². The Kier molecular flexibility index (Phi) is 4.15. The average Bonchev–Trinajstić information content (AvgIpc) is 2.43. The van der Waals surface area contributed by atoms with Gasteiger partial charge in [-0.25, -0.2) is 4.79 Å². The van der Waals surface area contributed by atoms with Crippen LogP contribution < -0.4 is 11.1 Å². The van der Waals surface area contributed by atoms with Crippen LogP contribution in [0.2, 0.25) is 5.02 Å². The quantitative estimate of drug-likeness (QED) is 0.667. The molecule has 2 aromatic carbocycles. The maximum Gasteiger partial charge on any atom is 0.340 e. The summed E-state index contributed by atoms with van der Waals surface area (Å²) in [6.07, 6.45) is 0. The van der Waals surface area contributed by atoms with Crippen LogP contribution >= 0.6 is 11.6 Å². The Labute approximate surface area is 122 Å². The predicted molar refractivity (Wildman–Crippen MR) is 81.7 cm³/mol. The number of carbonyl (C=O) groups excluding carboxylic acids is 1. The molecule has 0 saturated carbocycles. The number of hydrogen-bond donors (Lipinski definition) is 2. The van der Waals surface area contributed by atoms with E-state index < -0.39 is 5.97 Å². The molecule has 0 aliphatic rings. The van der Waals surface area contributed by atoms with Crippen LogP contribution in [0.25, 0.3) is 0 Å². The standard InChI is InChI=1S/C15H15ClN2O2/c1-9-5-3-7-11(16)13(9)18-14-10(15(19)20-2)6-4-8-12(14)17/h3-8,18H,17H2,1-2H3. The van der Waals surface area contributed by atoms with E-state index >= 15 is 0 Å². The largest absolute Gasteiger partial charge is 0.465 e. The van der Waals surface area contributed by atoms with Crippen LogP contribution in [0.4, 0.5) is 17.1 Å². The number of benzene rings is 2. The molecule has 2 rings (SSSR count). The van der Waals surface area contributed by atoms with Crippen molar-refractivity contribution in [2.75, 3.05) is 18.2 Å². The number of para-hydroxylation sites is 2. The molecule has 0 unspecified atom stereocenters. The van der Waals surface area contributed by atoms with E-state index in [2.05, 4.69) is 5.32 Å². The Balaban J connectivity index is 2.51. The summed E-state index contributed by atoms with van der Waals surface area (Å²) in [4.78, 5) is 11.8. The highest BCUT2D eigenvalue weighted by Gasteiger charge is 2.16. The van der Waals surface area contributed by atoms with Crippen molar-refractivity contribution in [1.29, 1.82) is 0 Å². The van der Waals surface area contributed by atoms with E-state index in [1.54, 1.807) is 24.3 Å². The van der Waals surface area contributed by atoms with Crippen LogP contribution in [0.5, 0.6) is 0 Å². The SMILES string of the molecule is COC(=O)c1cccc(N)c1Nc1c(C)cccc1Cl. The monoisotopic (exact) mass is 290 g/mol. The smallest absolute Gasteiger partial charge is 0.340 e. The molecule has 20 heavy (non-hydrogen) atoms. The predicted octanol–water partition coefficient (Wildman–Crippen LogP) is 3.76. The number of aryl methyl sites for hydroxylation is 1. The third-order valence-electron chi connectivity index (χ3n) is 2.97. The van der Waals surface area contributed by atoms with E-state index in [9.17, 15) is 4.79 Å². The van der Waals surface area contributed by atoms with Crippen molar-refractivity contribution in [2.45, 2.75) is 6.92 Å². The highest BCUT2D eigenvalue weighted by Crippen LogP contribution is 2.33. The number of methoxy groups -OCH3 is 1. The van der Waals surface area contributed by atoms with Gasteiger partial charge >= 0.3 is 5.97 Å². The van der Waals surface area contributed by atoms with Crippen molar-refractivity contribution in [3.05, 3.63) is 52.5 Å². The molecule has 0 fully saturated rings. The zero-order valence-corrected chi connectivity index (χ0v) is 12.0. The molecular formula is C15H15ClN2O2. The highest BCUT2D eigenvalue weighted by atomic mass is 35.5. The number of nitrogens with one attached hydrogen (secondary N) is 1. The number of esters is 1. The second-order valence-corrected chi connectivity index (χ2v) is 4.73. The van der Waals surface area contributed by atoms with Crippen molar-refractivity contribution in [3.8, 4) is 0 Å². The minimum atomic E-state index is -0.454. The normalized spacial score (nSPS) is 10.2. The Bertz CT molecular complexity index is 636. The lowest BCUT2D eigenvalue weighted by molar-refractivity contribution is 0.0602. The molecule has 0 spiro atoms. The van der Waals surface area contributed by atoms with Gasteiger partial charge in [0.05, 0.1) is 34.8 Å². The first-order chi connectivity index (χ1) is 9.54. The number of nitrogen functional groups attached to an aromatic ring is 1. The summed E-state index contributed by atoms with van der Waals surface area (Å²) in [5.41, 5.74) is 8.94. The first kappa shape index (κ1) is 14.2. The second-order valence-electron chi connectivity index (χ2n) is 4.32. The maximum absolute atomic E-state index is 11.8. The minimum Gasteiger partial charge on any atom is -0.465 e. The summed E-state index contributed by atoms with van der Waals surface area (Å²) < 4.78 is 4.76. The average molecular weight is 291 g/mol. The molecule has 5 heteroatoms. The number of halogens is 1. The van der Waals surface area contributed by atoms with E-state index in [1.165, 1.54) is 7.11 Å². The third-order valence-corrected chi connectivity index (χ3v) is 3.29. The van der Waals surface area contributed by atoms with Crippen LogP contribution in [0.1, 0.15) is 15.9 Å². The molecule has 0 amide bonds. The number of hydrogen-bond acceptors (Lipinski definition) is 4. The van der Waals surface area contributed by atoms with Gasteiger partial charge in [0.2, 0.25) is 0 Å². The Morgan fingerprint density at radius 1 is 1.20 bits per heavy atom. The number of ether oxygens (including phenoxy) is 1. The third kappa shape index (κ3) is 2.70. The zero-order chi connectivity index (χ0) is 14.7. The van der Waals surface area contributed by atoms with Gasteiger partial charge in [-0.2, -0.15) is 0 Å². The van der Waals surface area contributed by atoms with Crippen molar-refractivity contribution >= 4 is 34.6 Å². The first-order valence-electron chi connectivity index (χ1n) is 6.03. The number of rotatable bonds is 3. The number of carbonyl (C=O) groups is 1. The second kappa shape index (κ2) is 5.84. The summed E-state index contributed by atoms with van der Waals surface area (Å²) in [5.74, 6) is -0.454. The van der Waals surface area contributed by atoms with E-state index in [0.29, 0.717) is 22.0 Å². The summed E-state index contributed by atoms with van der Waals surface area (Å²) in [6.45, 7) is 1.92. The van der Waals surface area contributed by atoms with Gasteiger partial charge in [0.1, 0.15) is 0 Å². The van der Waals surface area contributed by atoms with Gasteiger partial charge < -0.3 is 15.8 Å². The summed E-state index contributed by atoms with van der Waals surface area (Å²) in [6, 6.07) is 10.6. The molecule has 0 bridgehead atoms. The number of anilines is 3. The minimum absolute atomic E-state index is 0.367. The van der Waals surface area contributed by atoms with Gasteiger partial charge in [-0.05, 0) is 30.7 Å². The van der Waals surface area contributed by atoms with Gasteiger partial charge in [0.25, 0.3) is 0 Å². The van der Waals surface area contributed by atoms with E-state index in [-0.39, 0.29) is 0 Å². The molecule has 104 valence electrons. The van der Waals surface area contributed by atoms with E-state index in [0.717, 1.165) is 11.3 Å².